The van der Waals surface area contributed by atoms with Gasteiger partial charge in [-0.15, -0.1) is 0 Å². The molecule has 0 bridgehead atoms. The van der Waals surface area contributed by atoms with Crippen LogP contribution in [0.1, 0.15) is 23.4 Å². The van der Waals surface area contributed by atoms with Gasteiger partial charge in [-0.3, -0.25) is 4.79 Å². The predicted octanol–water partition coefficient (Wildman–Crippen LogP) is 1.52. The van der Waals surface area contributed by atoms with E-state index in [1.165, 1.54) is 6.42 Å². The van der Waals surface area contributed by atoms with Crippen molar-refractivity contribution in [2.24, 2.45) is 0 Å². The Bertz CT molecular complexity index is 345. The van der Waals surface area contributed by atoms with Crippen LogP contribution >= 0.6 is 15.9 Å². The minimum Gasteiger partial charge on any atom is -0.444 e. The van der Waals surface area contributed by atoms with Gasteiger partial charge in [0.1, 0.15) is 0 Å². The highest BCUT2D eigenvalue weighted by molar-refractivity contribution is 9.10. The van der Waals surface area contributed by atoms with Gasteiger partial charge in [-0.25, -0.2) is 0 Å². The Morgan fingerprint density at radius 2 is 2.53 bits per heavy atom. The lowest BCUT2D eigenvalue weighted by molar-refractivity contribution is 0.0921. The van der Waals surface area contributed by atoms with E-state index in [0.717, 1.165) is 13.0 Å². The summed E-state index contributed by atoms with van der Waals surface area (Å²) in [5.74, 6) is 0.189. The lowest BCUT2D eigenvalue weighted by atomic mass is 10.2. The molecule has 82 valence electrons. The molecule has 1 amide bonds. The Morgan fingerprint density at radius 3 is 3.13 bits per heavy atom. The Morgan fingerprint density at radius 1 is 1.67 bits per heavy atom. The van der Waals surface area contributed by atoms with Gasteiger partial charge >= 0.3 is 0 Å². The molecular weight excluding hydrogens is 260 g/mol. The van der Waals surface area contributed by atoms with Crippen LogP contribution in [0, 0.1) is 0 Å². The van der Waals surface area contributed by atoms with Crippen LogP contribution in [0.15, 0.2) is 21.2 Å². The van der Waals surface area contributed by atoms with E-state index in [4.69, 9.17) is 4.42 Å². The minimum absolute atomic E-state index is 0.158. The summed E-state index contributed by atoms with van der Waals surface area (Å²) >= 11 is 3.16. The van der Waals surface area contributed by atoms with Crippen molar-refractivity contribution in [2.45, 2.75) is 18.9 Å². The van der Waals surface area contributed by atoms with E-state index in [2.05, 4.69) is 26.6 Å². The summed E-state index contributed by atoms with van der Waals surface area (Å²) in [4.78, 5) is 11.6. The van der Waals surface area contributed by atoms with Gasteiger partial charge < -0.3 is 15.1 Å². The number of nitrogens with one attached hydrogen (secondary N) is 2. The molecule has 1 unspecified atom stereocenters. The van der Waals surface area contributed by atoms with E-state index in [0.29, 0.717) is 23.0 Å². The zero-order valence-electron chi connectivity index (χ0n) is 8.25. The summed E-state index contributed by atoms with van der Waals surface area (Å²) in [5.41, 5.74) is 0. The number of carbonyl (C=O) groups is 1. The Balaban J connectivity index is 1.81. The lowest BCUT2D eigenvalue weighted by Gasteiger charge is -2.10. The molecule has 4 nitrogen and oxygen atoms in total. The van der Waals surface area contributed by atoms with E-state index >= 15 is 0 Å². The van der Waals surface area contributed by atoms with Gasteiger partial charge in [-0.1, -0.05) is 0 Å². The number of amides is 1. The first-order valence-corrected chi connectivity index (χ1v) is 5.82. The number of carbonyl (C=O) groups excluding carboxylic acids is 1. The summed E-state index contributed by atoms with van der Waals surface area (Å²) in [6.45, 7) is 1.71. The molecule has 2 heterocycles. The van der Waals surface area contributed by atoms with Crippen LogP contribution in [0.2, 0.25) is 0 Å². The minimum atomic E-state index is -0.158. The Labute approximate surface area is 96.5 Å². The van der Waals surface area contributed by atoms with E-state index in [1.54, 1.807) is 12.1 Å². The zero-order chi connectivity index (χ0) is 10.7. The third-order valence-electron chi connectivity index (χ3n) is 2.47. The van der Waals surface area contributed by atoms with Gasteiger partial charge in [-0.05, 0) is 47.4 Å². The van der Waals surface area contributed by atoms with E-state index < -0.39 is 0 Å². The van der Waals surface area contributed by atoms with Gasteiger partial charge in [0.2, 0.25) is 0 Å². The maximum atomic E-state index is 11.6. The van der Waals surface area contributed by atoms with Crippen molar-refractivity contribution in [3.8, 4) is 0 Å². The van der Waals surface area contributed by atoms with E-state index in [1.807, 2.05) is 0 Å². The van der Waals surface area contributed by atoms with E-state index in [-0.39, 0.29) is 5.91 Å². The zero-order valence-corrected chi connectivity index (χ0v) is 9.84. The molecule has 1 saturated heterocycles. The van der Waals surface area contributed by atoms with Crippen molar-refractivity contribution >= 4 is 21.8 Å². The average Bonchev–Trinajstić information content (AvgIpc) is 2.84. The first-order chi connectivity index (χ1) is 7.25. The van der Waals surface area contributed by atoms with Crippen LogP contribution < -0.4 is 10.6 Å². The van der Waals surface area contributed by atoms with Crippen LogP contribution in [-0.4, -0.2) is 25.0 Å². The molecule has 1 aromatic heterocycles. The van der Waals surface area contributed by atoms with Crippen LogP contribution in [0.4, 0.5) is 0 Å². The Kier molecular flexibility index (Phi) is 3.43. The molecule has 0 radical (unpaired) electrons. The monoisotopic (exact) mass is 272 g/mol. The fourth-order valence-corrected chi connectivity index (χ4v) is 1.98. The molecule has 1 aliphatic rings. The molecule has 15 heavy (non-hydrogen) atoms. The summed E-state index contributed by atoms with van der Waals surface area (Å²) in [6.07, 6.45) is 2.31. The third-order valence-corrected chi connectivity index (χ3v) is 2.89. The van der Waals surface area contributed by atoms with Gasteiger partial charge in [0.05, 0.1) is 0 Å². The van der Waals surface area contributed by atoms with Crippen molar-refractivity contribution < 1.29 is 9.21 Å². The Hall–Kier alpha value is -0.810. The molecule has 1 aromatic rings. The van der Waals surface area contributed by atoms with Gasteiger partial charge in [-0.2, -0.15) is 0 Å². The second kappa shape index (κ2) is 4.81. The van der Waals surface area contributed by atoms with E-state index in [9.17, 15) is 4.79 Å². The summed E-state index contributed by atoms with van der Waals surface area (Å²) in [6, 6.07) is 3.77. The van der Waals surface area contributed by atoms with Crippen LogP contribution in [0.25, 0.3) is 0 Å². The summed E-state index contributed by atoms with van der Waals surface area (Å²) < 4.78 is 5.72. The fourth-order valence-electron chi connectivity index (χ4n) is 1.67. The molecule has 1 atom stereocenters. The second-order valence-electron chi connectivity index (χ2n) is 3.61. The molecule has 2 N–H and O–H groups in total. The molecule has 0 spiro atoms. The molecule has 0 aromatic carbocycles. The fraction of sp³-hybridized carbons (Fsp3) is 0.500. The smallest absolute Gasteiger partial charge is 0.287 e. The third kappa shape index (κ3) is 2.82. The van der Waals surface area contributed by atoms with Gasteiger partial charge in [0.25, 0.3) is 5.91 Å². The van der Waals surface area contributed by atoms with Crippen molar-refractivity contribution in [2.75, 3.05) is 13.1 Å². The quantitative estimate of drug-likeness (QED) is 0.878. The van der Waals surface area contributed by atoms with Crippen molar-refractivity contribution in [1.82, 2.24) is 10.6 Å². The lowest BCUT2D eigenvalue weighted by Crippen LogP contribution is -2.36. The molecule has 5 heteroatoms. The van der Waals surface area contributed by atoms with Gasteiger partial charge in [0.15, 0.2) is 10.4 Å². The molecule has 1 fully saturated rings. The number of furan rings is 1. The molecule has 2 rings (SSSR count). The van der Waals surface area contributed by atoms with Crippen LogP contribution in [-0.2, 0) is 0 Å². The normalized spacial score (nSPS) is 20.5. The highest BCUT2D eigenvalue weighted by atomic mass is 79.9. The van der Waals surface area contributed by atoms with Crippen LogP contribution in [0.3, 0.4) is 0 Å². The van der Waals surface area contributed by atoms with Crippen molar-refractivity contribution in [1.29, 1.82) is 0 Å². The summed E-state index contributed by atoms with van der Waals surface area (Å²) in [7, 11) is 0. The van der Waals surface area contributed by atoms with Gasteiger partial charge in [0, 0.05) is 12.6 Å². The standard InChI is InChI=1S/C10H13BrN2O2/c11-9-4-3-8(15-9)10(14)13-6-7-2-1-5-12-7/h3-4,7,12H,1-2,5-6H2,(H,13,14). The SMILES string of the molecule is O=C(NCC1CCCN1)c1ccc(Br)o1. The van der Waals surface area contributed by atoms with Crippen molar-refractivity contribution in [3.05, 3.63) is 22.6 Å². The molecule has 0 aliphatic carbocycles. The summed E-state index contributed by atoms with van der Waals surface area (Å²) in [5, 5.41) is 6.15. The average molecular weight is 273 g/mol. The molecular formula is C10H13BrN2O2. The number of hydrogen-bond donors (Lipinski definition) is 2. The number of hydrogen-bond acceptors (Lipinski definition) is 3. The molecule has 1 aliphatic heterocycles. The highest BCUT2D eigenvalue weighted by Crippen LogP contribution is 2.13. The largest absolute Gasteiger partial charge is 0.444 e. The number of halogens is 1. The topological polar surface area (TPSA) is 54.3 Å². The second-order valence-corrected chi connectivity index (χ2v) is 4.39. The highest BCUT2D eigenvalue weighted by Gasteiger charge is 2.16. The number of rotatable bonds is 3. The van der Waals surface area contributed by atoms with Crippen molar-refractivity contribution in [3.63, 3.8) is 0 Å². The maximum absolute atomic E-state index is 11.6. The maximum Gasteiger partial charge on any atom is 0.287 e. The van der Waals surface area contributed by atoms with Crippen LogP contribution in [0.5, 0.6) is 0 Å². The first-order valence-electron chi connectivity index (χ1n) is 5.02. The first kappa shape index (κ1) is 10.7. The predicted molar refractivity (Wildman–Crippen MR) is 59.8 cm³/mol. The molecule has 0 saturated carbocycles.